The number of benzene rings is 3. The van der Waals surface area contributed by atoms with Gasteiger partial charge in [-0.05, 0) is 44.8 Å². The van der Waals surface area contributed by atoms with Crippen molar-refractivity contribution in [2.75, 3.05) is 19.6 Å². The summed E-state index contributed by atoms with van der Waals surface area (Å²) in [6.07, 6.45) is 0.253. The summed E-state index contributed by atoms with van der Waals surface area (Å²) < 4.78 is 74.8. The molecular weight excluding hydrogens is 499 g/mol. The average molecular weight is 522 g/mol. The predicted octanol–water partition coefficient (Wildman–Crippen LogP) is 3.29. The molecule has 0 spiro atoms. The Morgan fingerprint density at radius 1 is 1.00 bits per heavy atom. The molecule has 0 radical (unpaired) electrons. The molecule has 35 heavy (non-hydrogen) atoms. The Balaban J connectivity index is 2.11. The molecule has 0 aliphatic carbocycles. The van der Waals surface area contributed by atoms with E-state index in [0.29, 0.717) is 46.3 Å². The number of ether oxygens (including phenoxy) is 2. The first-order chi connectivity index (χ1) is 16.3. The van der Waals surface area contributed by atoms with Crippen molar-refractivity contribution < 1.29 is 35.5 Å². The van der Waals surface area contributed by atoms with Gasteiger partial charge < -0.3 is 15.2 Å². The van der Waals surface area contributed by atoms with Crippen LogP contribution in [0.1, 0.15) is 17.2 Å². The minimum absolute atomic E-state index is 0.293. The summed E-state index contributed by atoms with van der Waals surface area (Å²) in [7, 11) is -7.89. The first-order valence-corrected chi connectivity index (χ1v) is 13.9. The zero-order valence-corrected chi connectivity index (χ0v) is 20.6. The van der Waals surface area contributed by atoms with Gasteiger partial charge in [-0.2, -0.15) is 16.8 Å². The molecule has 1 atom stereocenters. The van der Waals surface area contributed by atoms with E-state index >= 15 is 0 Å². The van der Waals surface area contributed by atoms with Gasteiger partial charge in [-0.1, -0.05) is 18.2 Å². The quantitative estimate of drug-likeness (QED) is 0.510. The van der Waals surface area contributed by atoms with Crippen LogP contribution in [0.25, 0.3) is 11.1 Å². The van der Waals surface area contributed by atoms with Gasteiger partial charge in [0.15, 0.2) is 5.69 Å². The van der Waals surface area contributed by atoms with Crippen LogP contribution in [0.4, 0.5) is 14.9 Å². The summed E-state index contributed by atoms with van der Waals surface area (Å²) in [5.74, 6) is 0.326. The van der Waals surface area contributed by atoms with Gasteiger partial charge in [0.1, 0.15) is 23.4 Å². The van der Waals surface area contributed by atoms with Crippen molar-refractivity contribution in [3.63, 3.8) is 0 Å². The second-order valence-corrected chi connectivity index (χ2v) is 12.3. The van der Waals surface area contributed by atoms with E-state index in [0.717, 1.165) is 0 Å². The van der Waals surface area contributed by atoms with Gasteiger partial charge in [-0.25, -0.2) is 9.18 Å². The molecule has 0 saturated carbocycles. The maximum atomic E-state index is 14.1. The monoisotopic (exact) mass is 521 g/mol. The molecule has 3 aromatic carbocycles. The maximum absolute atomic E-state index is 14.1. The van der Waals surface area contributed by atoms with Crippen molar-refractivity contribution in [1.82, 2.24) is 3.29 Å². The van der Waals surface area contributed by atoms with Crippen molar-refractivity contribution in [1.29, 1.82) is 0 Å². The van der Waals surface area contributed by atoms with Crippen LogP contribution < -0.4 is 18.5 Å². The normalized spacial score (nSPS) is 15.5. The minimum Gasteiger partial charge on any atom is -0.496 e. The van der Waals surface area contributed by atoms with Gasteiger partial charge in [0.25, 0.3) is 0 Å². The minimum atomic E-state index is -4.68. The fourth-order valence-electron chi connectivity index (χ4n) is 4.41. The number of carbonyl (C=O) groups excluding carboxylic acids is 1. The third kappa shape index (κ3) is 3.74. The third-order valence-corrected chi connectivity index (χ3v) is 10.0. The fourth-order valence-corrected chi connectivity index (χ4v) is 8.03. The average Bonchev–Trinajstić information content (AvgIpc) is 2.76. The van der Waals surface area contributed by atoms with Gasteiger partial charge in [-0.15, -0.1) is 0 Å². The number of rotatable bonds is 5. The van der Waals surface area contributed by atoms with E-state index in [2.05, 4.69) is 0 Å². The molecule has 1 unspecified atom stereocenters. The molecule has 0 saturated heterocycles. The number of primary amides is 1. The molecule has 2 amide bonds. The van der Waals surface area contributed by atoms with Gasteiger partial charge in [0.05, 0.1) is 25.2 Å². The number of methoxy groups -OCH3 is 1. The molecular formula is C23H22FN2O7S2+. The number of quaternary nitrogens is 1. The maximum Gasteiger partial charge on any atom is 0.450 e. The highest BCUT2D eigenvalue weighted by atomic mass is 32.3. The standard InChI is InChI=1S/C23H21FN2O7S2/c1-32-19-8-5-9-20-21(19)17-11-10-16(26(23(25)27,34(2,28)29)35(3,30)31)13-18(17)22(33-20)14-6-4-7-15(24)12-14/h4-13,22H,1-3H3,(H-,25,27)/p+1. The Bertz CT molecular complexity index is 1540. The molecule has 1 aliphatic heterocycles. The van der Waals surface area contributed by atoms with Crippen molar-refractivity contribution in [3.8, 4) is 22.6 Å². The number of hydrogen-bond acceptors (Lipinski definition) is 7. The van der Waals surface area contributed by atoms with E-state index in [-0.39, 0.29) is 0 Å². The molecule has 12 heteroatoms. The lowest BCUT2D eigenvalue weighted by Crippen LogP contribution is -2.63. The third-order valence-electron chi connectivity index (χ3n) is 5.76. The van der Waals surface area contributed by atoms with Crippen LogP contribution in [0, 0.1) is 5.82 Å². The van der Waals surface area contributed by atoms with Crippen LogP contribution in [0.3, 0.4) is 0 Å². The summed E-state index contributed by atoms with van der Waals surface area (Å²) in [4.78, 5) is 12.5. The Kier molecular flexibility index (Phi) is 5.86. The van der Waals surface area contributed by atoms with Crippen LogP contribution in [-0.2, 0) is 20.0 Å². The Labute approximate surface area is 202 Å². The second-order valence-electron chi connectivity index (χ2n) is 8.01. The van der Waals surface area contributed by atoms with E-state index in [1.807, 2.05) is 0 Å². The summed E-state index contributed by atoms with van der Waals surface area (Å²) in [6.45, 7) is 0. The molecule has 9 nitrogen and oxygen atoms in total. The highest BCUT2D eigenvalue weighted by Crippen LogP contribution is 2.50. The molecule has 0 aromatic heterocycles. The van der Waals surface area contributed by atoms with Crippen molar-refractivity contribution in [2.24, 2.45) is 5.73 Å². The molecule has 1 aliphatic rings. The van der Waals surface area contributed by atoms with Crippen LogP contribution in [-0.4, -0.2) is 42.5 Å². The zero-order chi connectivity index (χ0) is 25.8. The van der Waals surface area contributed by atoms with Gasteiger partial charge in [-0.3, -0.25) is 0 Å². The zero-order valence-electron chi connectivity index (χ0n) is 18.9. The summed E-state index contributed by atoms with van der Waals surface area (Å²) in [5.41, 5.74) is 6.71. The van der Waals surface area contributed by atoms with Crippen LogP contribution in [0.15, 0.2) is 60.7 Å². The van der Waals surface area contributed by atoms with E-state index in [9.17, 15) is 26.0 Å². The van der Waals surface area contributed by atoms with E-state index in [1.165, 1.54) is 43.5 Å². The van der Waals surface area contributed by atoms with E-state index < -0.39 is 47.0 Å². The van der Waals surface area contributed by atoms with E-state index in [4.69, 9.17) is 15.2 Å². The lowest BCUT2D eigenvalue weighted by molar-refractivity contribution is 0.240. The number of sulfonamides is 2. The Morgan fingerprint density at radius 2 is 1.66 bits per heavy atom. The molecule has 2 N–H and O–H groups in total. The van der Waals surface area contributed by atoms with Crippen molar-refractivity contribution in [2.45, 2.75) is 6.10 Å². The van der Waals surface area contributed by atoms with Crippen LogP contribution in [0.5, 0.6) is 11.5 Å². The second kappa shape index (κ2) is 8.33. The molecule has 0 fully saturated rings. The smallest absolute Gasteiger partial charge is 0.450 e. The molecule has 0 bridgehead atoms. The Hall–Kier alpha value is -3.48. The highest BCUT2D eigenvalue weighted by molar-refractivity contribution is 8.07. The van der Waals surface area contributed by atoms with Crippen molar-refractivity contribution >= 4 is 31.8 Å². The molecule has 184 valence electrons. The molecule has 4 rings (SSSR count). The molecule has 1 heterocycles. The largest absolute Gasteiger partial charge is 0.496 e. The lowest BCUT2D eigenvalue weighted by atomic mass is 9.88. The fraction of sp³-hybridized carbons (Fsp3) is 0.174. The first-order valence-electron chi connectivity index (χ1n) is 10.2. The van der Waals surface area contributed by atoms with Gasteiger partial charge in [0, 0.05) is 17.7 Å². The molecule has 3 aromatic rings. The number of nitrogens with two attached hydrogens (primary N) is 1. The van der Waals surface area contributed by atoms with Crippen LogP contribution in [0.2, 0.25) is 0 Å². The number of halogens is 1. The number of amides is 2. The first kappa shape index (κ1) is 24.6. The highest BCUT2D eigenvalue weighted by Gasteiger charge is 2.57. The van der Waals surface area contributed by atoms with Crippen LogP contribution >= 0.6 is 0 Å². The number of fused-ring (bicyclic) bond motifs is 3. The van der Waals surface area contributed by atoms with Crippen molar-refractivity contribution in [3.05, 3.63) is 77.6 Å². The van der Waals surface area contributed by atoms with Gasteiger partial charge >= 0.3 is 26.1 Å². The van der Waals surface area contributed by atoms with Gasteiger partial charge in [0.2, 0.25) is 0 Å². The summed E-state index contributed by atoms with van der Waals surface area (Å²) in [5, 5.41) is 0. The summed E-state index contributed by atoms with van der Waals surface area (Å²) in [6, 6.07) is 13.0. The number of carbonyl (C=O) groups is 1. The lowest BCUT2D eigenvalue weighted by Gasteiger charge is -2.32. The summed E-state index contributed by atoms with van der Waals surface area (Å²) >= 11 is 0. The van der Waals surface area contributed by atoms with E-state index in [1.54, 1.807) is 24.3 Å². The number of hydrogen-bond donors (Lipinski definition) is 1. The number of urea groups is 1. The number of nitrogens with zero attached hydrogens (tertiary/aromatic N) is 1. The topological polar surface area (TPSA) is 130 Å². The predicted molar refractivity (Wildman–Crippen MR) is 128 cm³/mol. The SMILES string of the molecule is COc1cccc2c1-c1ccc([N+](C(N)=O)(S(C)(=O)=O)S(C)(=O)=O)cc1C(c1cccc(F)c1)O2. The Morgan fingerprint density at radius 3 is 2.23 bits per heavy atom.